The summed E-state index contributed by atoms with van der Waals surface area (Å²) in [5.41, 5.74) is 5.81. The van der Waals surface area contributed by atoms with Crippen LogP contribution in [0.5, 0.6) is 5.75 Å². The number of ether oxygens (including phenoxy) is 1. The minimum atomic E-state index is -1.02. The van der Waals surface area contributed by atoms with Gasteiger partial charge in [-0.25, -0.2) is 0 Å². The average molecular weight is 267 g/mol. The van der Waals surface area contributed by atoms with Crippen molar-refractivity contribution < 1.29 is 8.95 Å². The maximum atomic E-state index is 12.7. The van der Waals surface area contributed by atoms with E-state index in [-0.39, 0.29) is 5.25 Å². The first kappa shape index (κ1) is 13.6. The van der Waals surface area contributed by atoms with Gasteiger partial charge in [0.25, 0.3) is 0 Å². The van der Waals surface area contributed by atoms with Gasteiger partial charge in [-0.1, -0.05) is 25.0 Å². The van der Waals surface area contributed by atoms with E-state index in [1.165, 1.54) is 6.42 Å². The van der Waals surface area contributed by atoms with Crippen LogP contribution >= 0.6 is 0 Å². The predicted octanol–water partition coefficient (Wildman–Crippen LogP) is 2.32. The second kappa shape index (κ2) is 6.34. The third kappa shape index (κ3) is 2.75. The van der Waals surface area contributed by atoms with E-state index < -0.39 is 10.8 Å². The highest BCUT2D eigenvalue weighted by Crippen LogP contribution is 2.33. The van der Waals surface area contributed by atoms with Crippen molar-refractivity contribution in [1.82, 2.24) is 0 Å². The lowest BCUT2D eigenvalue weighted by Crippen LogP contribution is -2.34. The first-order chi connectivity index (χ1) is 8.77. The summed E-state index contributed by atoms with van der Waals surface area (Å²) in [6.07, 6.45) is 4.47. The van der Waals surface area contributed by atoms with Crippen molar-refractivity contribution in [2.24, 2.45) is 11.7 Å². The third-order valence-corrected chi connectivity index (χ3v) is 5.64. The van der Waals surface area contributed by atoms with Crippen LogP contribution in [-0.2, 0) is 10.8 Å². The van der Waals surface area contributed by atoms with Gasteiger partial charge in [0.05, 0.1) is 22.8 Å². The van der Waals surface area contributed by atoms with Gasteiger partial charge in [-0.2, -0.15) is 0 Å². The first-order valence-corrected chi connectivity index (χ1v) is 7.73. The summed E-state index contributed by atoms with van der Waals surface area (Å²) >= 11 is 0. The quantitative estimate of drug-likeness (QED) is 0.911. The van der Waals surface area contributed by atoms with Crippen LogP contribution in [0.3, 0.4) is 0 Å². The highest BCUT2D eigenvalue weighted by molar-refractivity contribution is 7.85. The molecule has 3 atom stereocenters. The van der Waals surface area contributed by atoms with Gasteiger partial charge >= 0.3 is 0 Å². The molecule has 0 spiro atoms. The summed E-state index contributed by atoms with van der Waals surface area (Å²) in [5, 5.41) is 0.181. The van der Waals surface area contributed by atoms with Crippen molar-refractivity contribution >= 4 is 10.8 Å². The van der Waals surface area contributed by atoms with Gasteiger partial charge in [0.15, 0.2) is 0 Å². The van der Waals surface area contributed by atoms with E-state index in [0.717, 1.165) is 29.9 Å². The molecule has 0 amide bonds. The van der Waals surface area contributed by atoms with Crippen LogP contribution in [0.1, 0.15) is 25.7 Å². The molecule has 18 heavy (non-hydrogen) atoms. The number of rotatable bonds is 4. The number of methoxy groups -OCH3 is 1. The number of hydrogen-bond donors (Lipinski definition) is 1. The van der Waals surface area contributed by atoms with E-state index in [0.29, 0.717) is 12.5 Å². The summed E-state index contributed by atoms with van der Waals surface area (Å²) < 4.78 is 18.0. The molecule has 1 fully saturated rings. The fourth-order valence-corrected chi connectivity index (χ4v) is 4.54. The molecule has 100 valence electrons. The number of para-hydroxylation sites is 1. The SMILES string of the molecule is COc1ccccc1S(=O)C1CCCCC1CN. The normalized spacial score (nSPS) is 25.7. The Morgan fingerprint density at radius 2 is 2.06 bits per heavy atom. The lowest BCUT2D eigenvalue weighted by atomic mass is 9.89. The molecule has 0 bridgehead atoms. The van der Waals surface area contributed by atoms with Gasteiger partial charge in [0.2, 0.25) is 0 Å². The van der Waals surface area contributed by atoms with Crippen molar-refractivity contribution in [2.45, 2.75) is 35.8 Å². The van der Waals surface area contributed by atoms with Gasteiger partial charge in [-0.15, -0.1) is 0 Å². The Morgan fingerprint density at radius 1 is 1.33 bits per heavy atom. The second-order valence-corrected chi connectivity index (χ2v) is 6.41. The fourth-order valence-electron chi connectivity index (χ4n) is 2.67. The molecular weight excluding hydrogens is 246 g/mol. The molecule has 1 aliphatic rings. The molecule has 1 aromatic carbocycles. The fraction of sp³-hybridized carbons (Fsp3) is 0.571. The van der Waals surface area contributed by atoms with Crippen LogP contribution in [-0.4, -0.2) is 23.1 Å². The van der Waals surface area contributed by atoms with E-state index in [1.807, 2.05) is 24.3 Å². The van der Waals surface area contributed by atoms with E-state index >= 15 is 0 Å². The van der Waals surface area contributed by atoms with Gasteiger partial charge < -0.3 is 10.5 Å². The second-order valence-electron chi connectivity index (χ2n) is 4.77. The summed E-state index contributed by atoms with van der Waals surface area (Å²) in [7, 11) is 0.606. The zero-order valence-corrected chi connectivity index (χ0v) is 11.6. The van der Waals surface area contributed by atoms with E-state index in [1.54, 1.807) is 7.11 Å². The van der Waals surface area contributed by atoms with Crippen molar-refractivity contribution in [3.63, 3.8) is 0 Å². The Balaban J connectivity index is 2.24. The lowest BCUT2D eigenvalue weighted by Gasteiger charge is -2.30. The largest absolute Gasteiger partial charge is 0.495 e. The topological polar surface area (TPSA) is 52.3 Å². The summed E-state index contributed by atoms with van der Waals surface area (Å²) in [4.78, 5) is 0.811. The van der Waals surface area contributed by atoms with Crippen LogP contribution in [0.2, 0.25) is 0 Å². The maximum Gasteiger partial charge on any atom is 0.134 e. The van der Waals surface area contributed by atoms with Crippen molar-refractivity contribution in [2.75, 3.05) is 13.7 Å². The number of benzene rings is 1. The average Bonchev–Trinajstić information content (AvgIpc) is 2.46. The Labute approximate surface area is 111 Å². The lowest BCUT2D eigenvalue weighted by molar-refractivity contribution is 0.370. The number of hydrogen-bond acceptors (Lipinski definition) is 3. The smallest absolute Gasteiger partial charge is 0.134 e. The summed E-state index contributed by atoms with van der Waals surface area (Å²) in [5.74, 6) is 1.10. The molecule has 1 aromatic rings. The molecule has 1 saturated carbocycles. The minimum absolute atomic E-state index is 0.181. The van der Waals surface area contributed by atoms with Crippen LogP contribution in [0.25, 0.3) is 0 Å². The van der Waals surface area contributed by atoms with Crippen molar-refractivity contribution in [3.05, 3.63) is 24.3 Å². The Hall–Kier alpha value is -0.870. The molecule has 4 heteroatoms. The predicted molar refractivity (Wildman–Crippen MR) is 74.2 cm³/mol. The van der Waals surface area contributed by atoms with Gasteiger partial charge in [0, 0.05) is 5.25 Å². The Bertz CT molecular complexity index is 422. The Kier molecular flexibility index (Phi) is 4.78. The number of nitrogens with two attached hydrogens (primary N) is 1. The van der Waals surface area contributed by atoms with Crippen LogP contribution < -0.4 is 10.5 Å². The van der Waals surface area contributed by atoms with Crippen molar-refractivity contribution in [1.29, 1.82) is 0 Å². The van der Waals surface area contributed by atoms with Crippen LogP contribution in [0, 0.1) is 5.92 Å². The molecule has 0 radical (unpaired) electrons. The molecule has 2 rings (SSSR count). The standard InChI is InChI=1S/C14H21NO2S/c1-17-12-7-3-5-9-14(12)18(16)13-8-4-2-6-11(13)10-15/h3,5,7,9,11,13H,2,4,6,8,10,15H2,1H3. The summed E-state index contributed by atoms with van der Waals surface area (Å²) in [6.45, 7) is 0.631. The molecule has 1 aliphatic carbocycles. The minimum Gasteiger partial charge on any atom is -0.495 e. The van der Waals surface area contributed by atoms with E-state index in [9.17, 15) is 4.21 Å². The molecule has 3 nitrogen and oxygen atoms in total. The maximum absolute atomic E-state index is 12.7. The van der Waals surface area contributed by atoms with E-state index in [2.05, 4.69) is 0 Å². The monoisotopic (exact) mass is 267 g/mol. The molecule has 0 aromatic heterocycles. The van der Waals surface area contributed by atoms with Gasteiger partial charge in [-0.05, 0) is 37.4 Å². The van der Waals surface area contributed by atoms with Crippen LogP contribution in [0.15, 0.2) is 29.2 Å². The van der Waals surface area contributed by atoms with Crippen molar-refractivity contribution in [3.8, 4) is 5.75 Å². The zero-order valence-electron chi connectivity index (χ0n) is 10.8. The highest BCUT2D eigenvalue weighted by atomic mass is 32.2. The Morgan fingerprint density at radius 3 is 2.78 bits per heavy atom. The van der Waals surface area contributed by atoms with Crippen LogP contribution in [0.4, 0.5) is 0 Å². The molecule has 0 saturated heterocycles. The molecule has 2 N–H and O–H groups in total. The third-order valence-electron chi connectivity index (χ3n) is 3.70. The molecule has 0 aliphatic heterocycles. The van der Waals surface area contributed by atoms with E-state index in [4.69, 9.17) is 10.5 Å². The molecule has 3 unspecified atom stereocenters. The summed E-state index contributed by atoms with van der Waals surface area (Å²) in [6, 6.07) is 7.58. The first-order valence-electron chi connectivity index (χ1n) is 6.51. The molecular formula is C14H21NO2S. The van der Waals surface area contributed by atoms with Gasteiger partial charge in [-0.3, -0.25) is 4.21 Å². The highest BCUT2D eigenvalue weighted by Gasteiger charge is 2.30. The zero-order chi connectivity index (χ0) is 13.0. The molecule has 0 heterocycles. The van der Waals surface area contributed by atoms with Gasteiger partial charge in [0.1, 0.15) is 5.75 Å².